The van der Waals surface area contributed by atoms with E-state index < -0.39 is 0 Å². The van der Waals surface area contributed by atoms with Crippen LogP contribution in [0.1, 0.15) is 19.4 Å². The number of hydrogen-bond donors (Lipinski definition) is 1. The highest BCUT2D eigenvalue weighted by molar-refractivity contribution is 5.43. The summed E-state index contributed by atoms with van der Waals surface area (Å²) < 4.78 is 11.0. The van der Waals surface area contributed by atoms with Crippen LogP contribution in [0, 0.1) is 0 Å². The Hall–Kier alpha value is -1.22. The number of benzene rings is 1. The Morgan fingerprint density at radius 3 is 3.00 bits per heavy atom. The number of hydrogen-bond acceptors (Lipinski definition) is 3. The van der Waals surface area contributed by atoms with Crippen molar-refractivity contribution >= 4 is 0 Å². The van der Waals surface area contributed by atoms with Crippen LogP contribution in [-0.2, 0) is 6.42 Å². The fraction of sp³-hybridized carbons (Fsp3) is 0.538. The molecule has 16 heavy (non-hydrogen) atoms. The van der Waals surface area contributed by atoms with E-state index in [1.807, 2.05) is 12.1 Å². The molecule has 0 amide bonds. The molecule has 3 heteroatoms. The average molecular weight is 221 g/mol. The normalized spacial score (nSPS) is 18.4. The Balaban J connectivity index is 1.98. The minimum Gasteiger partial charge on any atom is -0.497 e. The van der Waals surface area contributed by atoms with Crippen LogP contribution < -0.4 is 14.8 Å². The van der Waals surface area contributed by atoms with E-state index in [0.717, 1.165) is 24.5 Å². The Kier molecular flexibility index (Phi) is 3.34. The third-order valence-corrected chi connectivity index (χ3v) is 2.76. The molecule has 0 bridgehead atoms. The summed E-state index contributed by atoms with van der Waals surface area (Å²) in [6.45, 7) is 5.19. The molecule has 0 fully saturated rings. The van der Waals surface area contributed by atoms with Crippen molar-refractivity contribution in [2.24, 2.45) is 0 Å². The van der Waals surface area contributed by atoms with E-state index in [9.17, 15) is 0 Å². The van der Waals surface area contributed by atoms with Gasteiger partial charge >= 0.3 is 0 Å². The molecular formula is C13H19NO2. The van der Waals surface area contributed by atoms with Gasteiger partial charge in [-0.1, -0.05) is 13.8 Å². The van der Waals surface area contributed by atoms with Crippen molar-refractivity contribution in [3.63, 3.8) is 0 Å². The molecule has 88 valence electrons. The summed E-state index contributed by atoms with van der Waals surface area (Å²) >= 11 is 0. The van der Waals surface area contributed by atoms with Gasteiger partial charge in [0.25, 0.3) is 0 Å². The molecule has 0 saturated heterocycles. The van der Waals surface area contributed by atoms with Gasteiger partial charge < -0.3 is 14.8 Å². The topological polar surface area (TPSA) is 30.5 Å². The molecule has 1 aromatic rings. The van der Waals surface area contributed by atoms with Crippen LogP contribution in [0.15, 0.2) is 18.2 Å². The van der Waals surface area contributed by atoms with Crippen LogP contribution in [0.2, 0.25) is 0 Å². The lowest BCUT2D eigenvalue weighted by molar-refractivity contribution is 0.223. The lowest BCUT2D eigenvalue weighted by Crippen LogP contribution is -2.34. The SMILES string of the molecule is COc1ccc2c(c1)CC(CNC(C)C)O2. The molecule has 2 rings (SSSR count). The number of methoxy groups -OCH3 is 1. The smallest absolute Gasteiger partial charge is 0.123 e. The lowest BCUT2D eigenvalue weighted by Gasteiger charge is -2.13. The molecular weight excluding hydrogens is 202 g/mol. The van der Waals surface area contributed by atoms with Crippen LogP contribution in [0.4, 0.5) is 0 Å². The van der Waals surface area contributed by atoms with Crippen molar-refractivity contribution in [2.45, 2.75) is 32.4 Å². The van der Waals surface area contributed by atoms with Gasteiger partial charge in [0.15, 0.2) is 0 Å². The fourth-order valence-corrected chi connectivity index (χ4v) is 1.90. The van der Waals surface area contributed by atoms with Gasteiger partial charge in [0, 0.05) is 24.6 Å². The van der Waals surface area contributed by atoms with Crippen LogP contribution in [0.3, 0.4) is 0 Å². The first-order valence-corrected chi connectivity index (χ1v) is 5.76. The molecule has 1 aliphatic rings. The van der Waals surface area contributed by atoms with E-state index in [2.05, 4.69) is 25.2 Å². The summed E-state index contributed by atoms with van der Waals surface area (Å²) in [6, 6.07) is 6.49. The first kappa shape index (κ1) is 11.3. The molecule has 3 nitrogen and oxygen atoms in total. The maximum Gasteiger partial charge on any atom is 0.123 e. The van der Waals surface area contributed by atoms with E-state index in [1.54, 1.807) is 7.11 Å². The number of nitrogens with one attached hydrogen (secondary N) is 1. The van der Waals surface area contributed by atoms with Crippen molar-refractivity contribution in [1.29, 1.82) is 0 Å². The molecule has 0 aromatic heterocycles. The van der Waals surface area contributed by atoms with Crippen molar-refractivity contribution in [2.75, 3.05) is 13.7 Å². The second-order valence-corrected chi connectivity index (χ2v) is 4.48. The molecule has 1 heterocycles. The quantitative estimate of drug-likeness (QED) is 0.843. The number of ether oxygens (including phenoxy) is 2. The summed E-state index contributed by atoms with van der Waals surface area (Å²) in [5.74, 6) is 1.90. The molecule has 0 radical (unpaired) electrons. The molecule has 1 aliphatic heterocycles. The van der Waals surface area contributed by atoms with E-state index in [4.69, 9.17) is 9.47 Å². The summed E-state index contributed by atoms with van der Waals surface area (Å²) in [6.07, 6.45) is 1.22. The monoisotopic (exact) mass is 221 g/mol. The number of rotatable bonds is 4. The van der Waals surface area contributed by atoms with E-state index >= 15 is 0 Å². The highest BCUT2D eigenvalue weighted by Crippen LogP contribution is 2.31. The first-order chi connectivity index (χ1) is 7.69. The predicted molar refractivity (Wildman–Crippen MR) is 64.3 cm³/mol. The minimum absolute atomic E-state index is 0.254. The van der Waals surface area contributed by atoms with Gasteiger partial charge in [-0.25, -0.2) is 0 Å². The first-order valence-electron chi connectivity index (χ1n) is 5.76. The Bertz CT molecular complexity index is 363. The standard InChI is InChI=1S/C13H19NO2/c1-9(2)14-8-12-7-10-6-11(15-3)4-5-13(10)16-12/h4-6,9,12,14H,7-8H2,1-3H3. The summed E-state index contributed by atoms with van der Waals surface area (Å²) in [5.41, 5.74) is 1.25. The molecule has 1 unspecified atom stereocenters. The zero-order valence-corrected chi connectivity index (χ0v) is 10.1. The highest BCUT2D eigenvalue weighted by atomic mass is 16.5. The van der Waals surface area contributed by atoms with Crippen LogP contribution in [0.5, 0.6) is 11.5 Å². The third kappa shape index (κ3) is 2.47. The Morgan fingerprint density at radius 2 is 2.31 bits per heavy atom. The third-order valence-electron chi connectivity index (χ3n) is 2.76. The van der Waals surface area contributed by atoms with E-state index in [-0.39, 0.29) is 6.10 Å². The van der Waals surface area contributed by atoms with E-state index in [0.29, 0.717) is 6.04 Å². The number of fused-ring (bicyclic) bond motifs is 1. The minimum atomic E-state index is 0.254. The van der Waals surface area contributed by atoms with Crippen molar-refractivity contribution in [1.82, 2.24) is 5.32 Å². The molecule has 1 atom stereocenters. The molecule has 0 spiro atoms. The second kappa shape index (κ2) is 4.74. The van der Waals surface area contributed by atoms with Crippen LogP contribution in [-0.4, -0.2) is 25.8 Å². The zero-order valence-electron chi connectivity index (χ0n) is 10.1. The van der Waals surface area contributed by atoms with E-state index in [1.165, 1.54) is 5.56 Å². The van der Waals surface area contributed by atoms with Gasteiger partial charge in [-0.3, -0.25) is 0 Å². The Labute approximate surface area is 96.8 Å². The average Bonchev–Trinajstić information content (AvgIpc) is 2.67. The van der Waals surface area contributed by atoms with Gasteiger partial charge in [0.1, 0.15) is 17.6 Å². The van der Waals surface area contributed by atoms with Crippen LogP contribution >= 0.6 is 0 Å². The van der Waals surface area contributed by atoms with Gasteiger partial charge in [-0.15, -0.1) is 0 Å². The zero-order chi connectivity index (χ0) is 11.5. The lowest BCUT2D eigenvalue weighted by atomic mass is 10.1. The predicted octanol–water partition coefficient (Wildman–Crippen LogP) is 2.00. The molecule has 0 saturated carbocycles. The second-order valence-electron chi connectivity index (χ2n) is 4.48. The van der Waals surface area contributed by atoms with Crippen LogP contribution in [0.25, 0.3) is 0 Å². The Morgan fingerprint density at radius 1 is 1.50 bits per heavy atom. The highest BCUT2D eigenvalue weighted by Gasteiger charge is 2.22. The maximum absolute atomic E-state index is 5.84. The molecule has 1 aromatic carbocycles. The van der Waals surface area contributed by atoms with Crippen molar-refractivity contribution < 1.29 is 9.47 Å². The van der Waals surface area contributed by atoms with Gasteiger partial charge in [-0.2, -0.15) is 0 Å². The van der Waals surface area contributed by atoms with Crippen molar-refractivity contribution in [3.8, 4) is 11.5 Å². The van der Waals surface area contributed by atoms with Gasteiger partial charge in [-0.05, 0) is 18.2 Å². The summed E-state index contributed by atoms with van der Waals surface area (Å²) in [4.78, 5) is 0. The van der Waals surface area contributed by atoms with Gasteiger partial charge in [0.05, 0.1) is 7.11 Å². The maximum atomic E-state index is 5.84. The van der Waals surface area contributed by atoms with Crippen molar-refractivity contribution in [3.05, 3.63) is 23.8 Å². The molecule has 1 N–H and O–H groups in total. The summed E-state index contributed by atoms with van der Waals surface area (Å²) in [7, 11) is 1.69. The van der Waals surface area contributed by atoms with Gasteiger partial charge in [0.2, 0.25) is 0 Å². The molecule has 0 aliphatic carbocycles. The summed E-state index contributed by atoms with van der Waals surface area (Å²) in [5, 5.41) is 3.39. The largest absolute Gasteiger partial charge is 0.497 e. The fourth-order valence-electron chi connectivity index (χ4n) is 1.90.